The Kier molecular flexibility index (Phi) is 7.16. The predicted octanol–water partition coefficient (Wildman–Crippen LogP) is 0.471. The van der Waals surface area contributed by atoms with Crippen molar-refractivity contribution in [3.63, 3.8) is 0 Å². The monoisotopic (exact) mass is 249 g/mol. The number of hydrogen-bond donors (Lipinski definition) is 3. The number of carbonyl (C=O) groups excluding carboxylic acids is 1. The summed E-state index contributed by atoms with van der Waals surface area (Å²) in [7, 11) is 0. The number of aliphatic hydroxyl groups excluding tert-OH is 1. The molecule has 0 aromatic heterocycles. The molecule has 0 radical (unpaired) electrons. The van der Waals surface area contributed by atoms with Crippen molar-refractivity contribution in [3.8, 4) is 0 Å². The number of hydrogen-bond acceptors (Lipinski definition) is 4. The van der Waals surface area contributed by atoms with E-state index in [1.807, 2.05) is 13.8 Å². The minimum atomic E-state index is -0.933. The number of aliphatic hydroxyl groups is 1. The third kappa shape index (κ3) is 5.37. The molecule has 0 aromatic rings. The van der Waals surface area contributed by atoms with Crippen LogP contribution in [0.2, 0.25) is 0 Å². The van der Waals surface area contributed by atoms with Crippen LogP contribution in [-0.4, -0.2) is 45.7 Å². The highest BCUT2D eigenvalue weighted by molar-refractivity contribution is 8.00. The lowest BCUT2D eigenvalue weighted by Gasteiger charge is -2.30. The molecule has 5 nitrogen and oxygen atoms in total. The zero-order valence-corrected chi connectivity index (χ0v) is 10.5. The van der Waals surface area contributed by atoms with Gasteiger partial charge in [0.2, 0.25) is 5.91 Å². The largest absolute Gasteiger partial charge is 0.481 e. The highest BCUT2D eigenvalue weighted by Crippen LogP contribution is 2.14. The number of carboxylic acids is 1. The Labute approximate surface area is 99.6 Å². The zero-order valence-electron chi connectivity index (χ0n) is 9.65. The quantitative estimate of drug-likeness (QED) is 0.582. The van der Waals surface area contributed by atoms with Crippen molar-refractivity contribution in [2.45, 2.75) is 32.2 Å². The van der Waals surface area contributed by atoms with Gasteiger partial charge < -0.3 is 15.5 Å². The van der Waals surface area contributed by atoms with Gasteiger partial charge in [0.05, 0.1) is 23.7 Å². The van der Waals surface area contributed by atoms with Crippen LogP contribution in [0, 0.1) is 0 Å². The van der Waals surface area contributed by atoms with Crippen LogP contribution in [0.25, 0.3) is 0 Å². The Morgan fingerprint density at radius 3 is 2.19 bits per heavy atom. The molecule has 0 bridgehead atoms. The average molecular weight is 249 g/mol. The number of thioether (sulfide) groups is 1. The zero-order chi connectivity index (χ0) is 12.6. The number of aliphatic carboxylic acids is 1. The van der Waals surface area contributed by atoms with Crippen LogP contribution in [-0.2, 0) is 9.59 Å². The molecule has 6 heteroatoms. The van der Waals surface area contributed by atoms with E-state index in [0.717, 1.165) is 11.8 Å². The first kappa shape index (κ1) is 15.2. The fourth-order valence-electron chi connectivity index (χ4n) is 1.25. The summed E-state index contributed by atoms with van der Waals surface area (Å²) in [5.74, 6) is -1.15. The molecule has 94 valence electrons. The van der Waals surface area contributed by atoms with Gasteiger partial charge >= 0.3 is 5.97 Å². The fourth-order valence-corrected chi connectivity index (χ4v) is 1.79. The molecule has 0 aliphatic carbocycles. The van der Waals surface area contributed by atoms with Gasteiger partial charge in [-0.3, -0.25) is 9.59 Å². The molecule has 0 aliphatic rings. The van der Waals surface area contributed by atoms with Gasteiger partial charge in [-0.25, -0.2) is 0 Å². The third-order valence-corrected chi connectivity index (χ3v) is 3.44. The number of carbonyl (C=O) groups is 2. The van der Waals surface area contributed by atoms with E-state index in [1.54, 1.807) is 0 Å². The lowest BCUT2D eigenvalue weighted by Crippen LogP contribution is -2.51. The van der Waals surface area contributed by atoms with E-state index in [-0.39, 0.29) is 24.0 Å². The minimum absolute atomic E-state index is 0.0855. The van der Waals surface area contributed by atoms with Gasteiger partial charge in [-0.15, -0.1) is 11.8 Å². The Morgan fingerprint density at radius 1 is 1.25 bits per heavy atom. The van der Waals surface area contributed by atoms with Gasteiger partial charge in [0.1, 0.15) is 0 Å². The second-order valence-corrected chi connectivity index (χ2v) is 4.57. The van der Waals surface area contributed by atoms with E-state index in [0.29, 0.717) is 12.8 Å². The van der Waals surface area contributed by atoms with Gasteiger partial charge in [0.15, 0.2) is 0 Å². The maximum atomic E-state index is 11.5. The molecular weight excluding hydrogens is 230 g/mol. The molecule has 0 saturated heterocycles. The van der Waals surface area contributed by atoms with E-state index in [1.165, 1.54) is 0 Å². The normalized spacial score (nSPS) is 11.2. The van der Waals surface area contributed by atoms with Crippen molar-refractivity contribution in [2.24, 2.45) is 0 Å². The lowest BCUT2D eigenvalue weighted by atomic mass is 9.94. The van der Waals surface area contributed by atoms with Crippen LogP contribution >= 0.6 is 11.8 Å². The minimum Gasteiger partial charge on any atom is -0.481 e. The second-order valence-electron chi connectivity index (χ2n) is 3.58. The summed E-state index contributed by atoms with van der Waals surface area (Å²) in [6.07, 6.45) is 1.30. The average Bonchev–Trinajstić information content (AvgIpc) is 2.25. The molecule has 16 heavy (non-hydrogen) atoms. The molecule has 0 atom stereocenters. The third-order valence-electron chi connectivity index (χ3n) is 2.52. The first-order valence-corrected chi connectivity index (χ1v) is 6.36. The molecule has 3 N–H and O–H groups in total. The maximum absolute atomic E-state index is 11.5. The highest BCUT2D eigenvalue weighted by atomic mass is 32.2. The maximum Gasteiger partial charge on any atom is 0.313 e. The van der Waals surface area contributed by atoms with Gasteiger partial charge in [0.25, 0.3) is 0 Å². The van der Waals surface area contributed by atoms with Gasteiger partial charge in [-0.1, -0.05) is 13.8 Å². The SMILES string of the molecule is CCC(CC)(CO)NC(=O)CSCC(=O)O. The molecule has 1 amide bonds. The summed E-state index contributed by atoms with van der Waals surface area (Å²) >= 11 is 1.05. The number of nitrogens with one attached hydrogen (secondary N) is 1. The molecule has 0 unspecified atom stereocenters. The predicted molar refractivity (Wildman–Crippen MR) is 63.5 cm³/mol. The van der Waals surface area contributed by atoms with E-state index >= 15 is 0 Å². The topological polar surface area (TPSA) is 86.6 Å². The fraction of sp³-hybridized carbons (Fsp3) is 0.800. The van der Waals surface area contributed by atoms with Crippen molar-refractivity contribution in [1.29, 1.82) is 0 Å². The molecule has 0 heterocycles. The number of amides is 1. The van der Waals surface area contributed by atoms with Crippen LogP contribution < -0.4 is 5.32 Å². The standard InChI is InChI=1S/C10H19NO4S/c1-3-10(4-2,7-12)11-8(13)5-16-6-9(14)15/h12H,3-7H2,1-2H3,(H,11,13)(H,14,15). The molecule has 0 aromatic carbocycles. The molecular formula is C10H19NO4S. The van der Waals surface area contributed by atoms with Crippen LogP contribution in [0.4, 0.5) is 0 Å². The van der Waals surface area contributed by atoms with E-state index in [9.17, 15) is 14.7 Å². The van der Waals surface area contributed by atoms with Crippen LogP contribution in [0.5, 0.6) is 0 Å². The van der Waals surface area contributed by atoms with E-state index < -0.39 is 11.5 Å². The molecule has 0 spiro atoms. The van der Waals surface area contributed by atoms with Crippen molar-refractivity contribution < 1.29 is 19.8 Å². The molecule has 0 rings (SSSR count). The van der Waals surface area contributed by atoms with Gasteiger partial charge in [0, 0.05) is 0 Å². The van der Waals surface area contributed by atoms with Crippen LogP contribution in [0.15, 0.2) is 0 Å². The summed E-state index contributed by atoms with van der Waals surface area (Å²) in [6.45, 7) is 3.68. The highest BCUT2D eigenvalue weighted by Gasteiger charge is 2.26. The van der Waals surface area contributed by atoms with Crippen molar-refractivity contribution in [2.75, 3.05) is 18.1 Å². The summed E-state index contributed by atoms with van der Waals surface area (Å²) in [5, 5.41) is 20.4. The van der Waals surface area contributed by atoms with Crippen LogP contribution in [0.3, 0.4) is 0 Å². The summed E-state index contributed by atoms with van der Waals surface area (Å²) < 4.78 is 0. The van der Waals surface area contributed by atoms with Gasteiger partial charge in [-0.05, 0) is 12.8 Å². The Morgan fingerprint density at radius 2 is 1.81 bits per heavy atom. The summed E-state index contributed by atoms with van der Waals surface area (Å²) in [6, 6.07) is 0. The molecule has 0 aliphatic heterocycles. The number of carboxylic acid groups (broad SMARTS) is 1. The molecule has 0 saturated carbocycles. The summed E-state index contributed by atoms with van der Waals surface area (Å²) in [4.78, 5) is 21.7. The van der Waals surface area contributed by atoms with Crippen LogP contribution in [0.1, 0.15) is 26.7 Å². The summed E-state index contributed by atoms with van der Waals surface area (Å²) in [5.41, 5.74) is -0.569. The van der Waals surface area contributed by atoms with E-state index in [2.05, 4.69) is 5.32 Å². The van der Waals surface area contributed by atoms with Crippen molar-refractivity contribution in [3.05, 3.63) is 0 Å². The van der Waals surface area contributed by atoms with Gasteiger partial charge in [-0.2, -0.15) is 0 Å². The smallest absolute Gasteiger partial charge is 0.313 e. The van der Waals surface area contributed by atoms with Crippen molar-refractivity contribution in [1.82, 2.24) is 5.32 Å². The van der Waals surface area contributed by atoms with Crippen molar-refractivity contribution >= 4 is 23.6 Å². The number of rotatable bonds is 8. The Bertz CT molecular complexity index is 233. The molecule has 0 fully saturated rings. The lowest BCUT2D eigenvalue weighted by molar-refractivity contribution is -0.133. The first-order chi connectivity index (χ1) is 7.49. The second kappa shape index (κ2) is 7.51. The Hall–Kier alpha value is -0.750. The first-order valence-electron chi connectivity index (χ1n) is 5.21. The Balaban J connectivity index is 4.05. The van der Waals surface area contributed by atoms with E-state index in [4.69, 9.17) is 5.11 Å².